The van der Waals surface area contributed by atoms with Crippen molar-refractivity contribution in [2.24, 2.45) is 0 Å². The molecule has 0 aliphatic rings. The van der Waals surface area contributed by atoms with Crippen molar-refractivity contribution in [1.29, 1.82) is 0 Å². The summed E-state index contributed by atoms with van der Waals surface area (Å²) in [7, 11) is 0. The SMILES string of the molecule is [2H]C([2H])([2H])C([2H])([2H])C([2H])([2H])C([2H])([2H])C([2H])([2H])C([2H])([2H])C([2H])([2H])C([2H])([2H])OC(=O)CCCCCCCC(=O)OC([2H])([2H])C([2H])([2H])C([2H])([2H])C([2H])([2H])C([2H])([2H])C([2H])([2H])C([2H])([2H])C([2H])([2H])[2H]. The third kappa shape index (κ3) is 23.1. The van der Waals surface area contributed by atoms with E-state index in [0.29, 0.717) is 0 Å². The number of ether oxygens (including phenoxy) is 2. The van der Waals surface area contributed by atoms with Crippen LogP contribution in [0.1, 0.15) is 182 Å². The lowest BCUT2D eigenvalue weighted by Crippen LogP contribution is -2.06. The molecule has 0 aliphatic heterocycles. The van der Waals surface area contributed by atoms with Crippen molar-refractivity contribution in [3.63, 3.8) is 0 Å². The Balaban J connectivity index is 5.66. The monoisotopic (exact) mass is 447 g/mol. The number of hydrogen-bond donors (Lipinski definition) is 0. The second-order valence-electron chi connectivity index (χ2n) is 4.92. The predicted octanol–water partition coefficient (Wildman–Crippen LogP) is 7.52. The molecule has 0 fully saturated rings. The van der Waals surface area contributed by atoms with Gasteiger partial charge >= 0.3 is 11.9 Å². The molecule has 0 N–H and O–H groups in total. The van der Waals surface area contributed by atoms with Crippen molar-refractivity contribution >= 4 is 11.9 Å². The first kappa shape index (κ1) is 5.46. The van der Waals surface area contributed by atoms with E-state index in [9.17, 15) is 9.59 Å². The molecule has 0 saturated carbocycles. The molecule has 0 rings (SSSR count). The lowest BCUT2D eigenvalue weighted by Gasteiger charge is -2.06. The maximum Gasteiger partial charge on any atom is 0.305 e. The fourth-order valence-electron chi connectivity index (χ4n) is 1.64. The van der Waals surface area contributed by atoms with Crippen molar-refractivity contribution in [1.82, 2.24) is 0 Å². The number of carbonyl (C=O) groups excluding carboxylic acids is 2. The molecule has 0 amide bonds. The number of carbonyl (C=O) groups is 2. The number of hydrogen-bond acceptors (Lipinski definition) is 4. The third-order valence-corrected chi connectivity index (χ3v) is 2.82. The Bertz CT molecular complexity index is 1490. The molecule has 29 heavy (non-hydrogen) atoms. The van der Waals surface area contributed by atoms with Gasteiger partial charge in [-0.1, -0.05) is 96.7 Å². The molecular weight excluding hydrogens is 364 g/mol. The lowest BCUT2D eigenvalue weighted by molar-refractivity contribution is -0.144. The van der Waals surface area contributed by atoms with Crippen molar-refractivity contribution in [2.45, 2.75) is 135 Å². The molecule has 4 nitrogen and oxygen atoms in total. The van der Waals surface area contributed by atoms with Gasteiger partial charge in [-0.25, -0.2) is 0 Å². The summed E-state index contributed by atoms with van der Waals surface area (Å²) in [5.41, 5.74) is 0. The zero-order valence-corrected chi connectivity index (χ0v) is 15.6. The highest BCUT2D eigenvalue weighted by molar-refractivity contribution is 5.69. The smallest absolute Gasteiger partial charge is 0.305 e. The van der Waals surface area contributed by atoms with Crippen LogP contribution in [-0.4, -0.2) is 25.1 Å². The van der Waals surface area contributed by atoms with E-state index in [4.69, 9.17) is 46.6 Å². The highest BCUT2D eigenvalue weighted by Gasteiger charge is 2.04. The van der Waals surface area contributed by atoms with E-state index in [-0.39, 0.29) is 32.1 Å². The van der Waals surface area contributed by atoms with Crippen LogP contribution in [0.2, 0.25) is 0 Å². The molecule has 0 radical (unpaired) electrons. The standard InChI is InChI=1S/C25H48O4/c1-3-5-7-9-14-18-22-28-24(26)20-16-12-11-13-17-21-25(27)29-23-19-15-10-8-6-4-2/h3-23H2,1-2H3/i1D3,2D3,3D2,4D2,5D2,6D2,7D2,8D2,9D2,10D2,14D2,15D2,18D2,19D2,22D2,23D2. The molecule has 0 aromatic carbocycles. The average molecular weight is 447 g/mol. The van der Waals surface area contributed by atoms with Gasteiger partial charge < -0.3 is 9.47 Å². The molecule has 0 heterocycles. The summed E-state index contributed by atoms with van der Waals surface area (Å²) >= 11 is 0. The van der Waals surface area contributed by atoms with Crippen LogP contribution in [0.4, 0.5) is 0 Å². The van der Waals surface area contributed by atoms with Crippen LogP contribution in [-0.2, 0) is 19.1 Å². The Kier molecular flexibility index (Phi) is 4.37. The van der Waals surface area contributed by atoms with Gasteiger partial charge in [-0.15, -0.1) is 0 Å². The average Bonchev–Trinajstić information content (AvgIpc) is 3.05. The molecule has 0 aromatic rings. The van der Waals surface area contributed by atoms with Crippen LogP contribution in [0, 0.1) is 0 Å². The maximum absolute atomic E-state index is 12.4. The van der Waals surface area contributed by atoms with Gasteiger partial charge in [0.15, 0.2) is 0 Å². The highest BCUT2D eigenvalue weighted by atomic mass is 16.5. The normalized spacial score (nSPS) is 36.0. The van der Waals surface area contributed by atoms with Gasteiger partial charge in [0.1, 0.15) is 0 Å². The van der Waals surface area contributed by atoms with Gasteiger partial charge in [-0.3, -0.25) is 9.59 Å². The van der Waals surface area contributed by atoms with Crippen LogP contribution in [0.25, 0.3) is 0 Å². The van der Waals surface area contributed by atoms with E-state index in [2.05, 4.69) is 9.47 Å². The lowest BCUT2D eigenvalue weighted by atomic mass is 10.1. The largest absolute Gasteiger partial charge is 0.466 e. The first-order valence-electron chi connectivity index (χ1n) is 25.4. The Labute approximate surface area is 228 Å². The minimum Gasteiger partial charge on any atom is -0.466 e. The summed E-state index contributed by atoms with van der Waals surface area (Å²) in [6.07, 6.45) is -54.9. The Morgan fingerprint density at radius 2 is 0.966 bits per heavy atom. The number of rotatable bonds is 22. The van der Waals surface area contributed by atoms with Gasteiger partial charge in [-0.2, -0.15) is 0 Å². The molecule has 0 aliphatic carbocycles. The predicted molar refractivity (Wildman–Crippen MR) is 121 cm³/mol. The van der Waals surface area contributed by atoms with E-state index < -0.39 is 128 Å². The van der Waals surface area contributed by atoms with Crippen molar-refractivity contribution in [3.8, 4) is 0 Å². The molecule has 0 aromatic heterocycles. The van der Waals surface area contributed by atoms with E-state index >= 15 is 0 Å². The Morgan fingerprint density at radius 1 is 0.586 bits per heavy atom. The summed E-state index contributed by atoms with van der Waals surface area (Å²) < 4.78 is 274. The van der Waals surface area contributed by atoms with Gasteiger partial charge in [0, 0.05) is 54.0 Å². The Hall–Kier alpha value is -1.06. The van der Waals surface area contributed by atoms with E-state index in [1.165, 1.54) is 0 Å². The second kappa shape index (κ2) is 23.2. The molecule has 0 bridgehead atoms. The minimum atomic E-state index is -4.57. The van der Waals surface area contributed by atoms with Gasteiger partial charge in [-0.05, 0) is 25.6 Å². The summed E-state index contributed by atoms with van der Waals surface area (Å²) in [5.74, 6) is -3.11. The Morgan fingerprint density at radius 3 is 1.41 bits per heavy atom. The molecule has 0 spiro atoms. The van der Waals surface area contributed by atoms with E-state index in [1.54, 1.807) is 0 Å². The maximum atomic E-state index is 12.4. The fourth-order valence-corrected chi connectivity index (χ4v) is 1.64. The van der Waals surface area contributed by atoms with E-state index in [1.807, 2.05) is 0 Å². The minimum absolute atomic E-state index is 0.0536. The van der Waals surface area contributed by atoms with Crippen molar-refractivity contribution in [2.75, 3.05) is 13.1 Å². The fraction of sp³-hybridized carbons (Fsp3) is 0.920. The number of unbranched alkanes of at least 4 members (excludes halogenated alkanes) is 4. The molecule has 0 saturated heterocycles. The first-order valence-corrected chi connectivity index (χ1v) is 8.43. The quantitative estimate of drug-likeness (QED) is 0.127. The molecule has 172 valence electrons. The highest BCUT2D eigenvalue weighted by Crippen LogP contribution is 2.10. The summed E-state index contributed by atoms with van der Waals surface area (Å²) in [4.78, 5) is 24.9. The van der Waals surface area contributed by atoms with Crippen LogP contribution >= 0.6 is 0 Å². The summed E-state index contributed by atoms with van der Waals surface area (Å²) in [6.45, 7) is -16.2. The van der Waals surface area contributed by atoms with Crippen LogP contribution in [0.5, 0.6) is 0 Å². The summed E-state index contributed by atoms with van der Waals surface area (Å²) in [6, 6.07) is 0. The third-order valence-electron chi connectivity index (χ3n) is 2.82. The van der Waals surface area contributed by atoms with Gasteiger partial charge in [0.05, 0.1) is 18.6 Å². The van der Waals surface area contributed by atoms with Crippen LogP contribution in [0.3, 0.4) is 0 Å². The molecule has 4 heteroatoms. The number of esters is 2. The second-order valence-corrected chi connectivity index (χ2v) is 4.92. The summed E-state index contributed by atoms with van der Waals surface area (Å²) in [5, 5.41) is 0. The molecule has 0 unspecified atom stereocenters. The van der Waals surface area contributed by atoms with Gasteiger partial charge in [0.2, 0.25) is 0 Å². The first-order chi connectivity index (χ1) is 27.0. The van der Waals surface area contributed by atoms with Gasteiger partial charge in [0.25, 0.3) is 0 Å². The van der Waals surface area contributed by atoms with Crippen LogP contribution < -0.4 is 0 Å². The zero-order valence-electron chi connectivity index (χ0n) is 49.6. The van der Waals surface area contributed by atoms with Crippen molar-refractivity contribution in [3.05, 3.63) is 0 Å². The topological polar surface area (TPSA) is 52.6 Å². The molecule has 0 atom stereocenters. The van der Waals surface area contributed by atoms with Crippen molar-refractivity contribution < 1.29 is 65.7 Å². The van der Waals surface area contributed by atoms with E-state index in [0.717, 1.165) is 0 Å². The van der Waals surface area contributed by atoms with Crippen LogP contribution in [0.15, 0.2) is 0 Å². The molecular formula is C25H48O4. The zero-order chi connectivity index (χ0) is 51.5.